The number of nitrogens with one attached hydrogen (secondary N) is 1. The fraction of sp³-hybridized carbons (Fsp3) is 0.188. The Morgan fingerprint density at radius 3 is 2.40 bits per heavy atom. The third-order valence-corrected chi connectivity index (χ3v) is 2.81. The molecule has 2 rings (SSSR count). The minimum atomic E-state index is -0.919. The van der Waals surface area contributed by atoms with Crippen LogP contribution in [0.1, 0.15) is 17.3 Å². The van der Waals surface area contributed by atoms with Crippen LogP contribution in [-0.4, -0.2) is 23.7 Å². The highest BCUT2D eigenvalue weighted by Gasteiger charge is 2.05. The first-order chi connectivity index (χ1) is 9.65. The van der Waals surface area contributed by atoms with Crippen LogP contribution in [0.3, 0.4) is 0 Å². The van der Waals surface area contributed by atoms with Crippen molar-refractivity contribution in [3.63, 3.8) is 0 Å². The van der Waals surface area contributed by atoms with E-state index in [4.69, 9.17) is 9.84 Å². The zero-order valence-corrected chi connectivity index (χ0v) is 11.2. The minimum absolute atomic E-state index is 0.0107. The van der Waals surface area contributed by atoms with Crippen LogP contribution in [0, 0.1) is 0 Å². The Hall–Kier alpha value is -2.49. The molecule has 0 saturated heterocycles. The van der Waals surface area contributed by atoms with Crippen molar-refractivity contribution in [3.8, 4) is 5.75 Å². The summed E-state index contributed by atoms with van der Waals surface area (Å²) in [5, 5.41) is 12.0. The second-order valence-electron chi connectivity index (χ2n) is 4.50. The van der Waals surface area contributed by atoms with E-state index >= 15 is 0 Å². The van der Waals surface area contributed by atoms with Crippen LogP contribution in [0.25, 0.3) is 0 Å². The Kier molecular flexibility index (Phi) is 4.60. The molecule has 20 heavy (non-hydrogen) atoms. The van der Waals surface area contributed by atoms with Gasteiger partial charge < -0.3 is 15.2 Å². The molecule has 0 aliphatic carbocycles. The summed E-state index contributed by atoms with van der Waals surface area (Å²) in [5.74, 6) is -0.0830. The van der Waals surface area contributed by atoms with E-state index in [2.05, 4.69) is 5.32 Å². The summed E-state index contributed by atoms with van der Waals surface area (Å²) in [7, 11) is 0. The van der Waals surface area contributed by atoms with E-state index in [0.29, 0.717) is 6.54 Å². The van der Waals surface area contributed by atoms with Crippen molar-refractivity contribution in [2.24, 2.45) is 0 Å². The maximum Gasteiger partial charge on any atom is 0.335 e. The van der Waals surface area contributed by atoms with Gasteiger partial charge >= 0.3 is 5.97 Å². The molecule has 0 aliphatic heterocycles. The lowest BCUT2D eigenvalue weighted by Gasteiger charge is -2.16. The number of carboxylic acid groups (broad SMARTS) is 1. The van der Waals surface area contributed by atoms with Gasteiger partial charge in [0.25, 0.3) is 0 Å². The number of rotatable bonds is 6. The second-order valence-corrected chi connectivity index (χ2v) is 4.50. The normalized spacial score (nSPS) is 11.7. The third-order valence-electron chi connectivity index (χ3n) is 2.81. The number of ether oxygens (including phenoxy) is 1. The van der Waals surface area contributed by atoms with Gasteiger partial charge in [0.2, 0.25) is 0 Å². The highest BCUT2D eigenvalue weighted by Crippen LogP contribution is 2.13. The molecule has 4 nitrogen and oxygen atoms in total. The Bertz CT molecular complexity index is 552. The van der Waals surface area contributed by atoms with E-state index in [9.17, 15) is 4.79 Å². The Morgan fingerprint density at radius 2 is 1.80 bits per heavy atom. The van der Waals surface area contributed by atoms with Gasteiger partial charge in [-0.2, -0.15) is 0 Å². The smallest absolute Gasteiger partial charge is 0.335 e. The molecule has 1 unspecified atom stereocenters. The van der Waals surface area contributed by atoms with Crippen molar-refractivity contribution in [1.29, 1.82) is 0 Å². The largest absolute Gasteiger partial charge is 0.489 e. The first-order valence-corrected chi connectivity index (χ1v) is 6.44. The van der Waals surface area contributed by atoms with Gasteiger partial charge in [-0.3, -0.25) is 0 Å². The third kappa shape index (κ3) is 4.02. The van der Waals surface area contributed by atoms with Gasteiger partial charge in [0.05, 0.1) is 12.1 Å². The Balaban J connectivity index is 1.84. The fourth-order valence-corrected chi connectivity index (χ4v) is 1.77. The Labute approximate surface area is 118 Å². The zero-order chi connectivity index (χ0) is 14.4. The molecular formula is C16H17NO3. The highest BCUT2D eigenvalue weighted by atomic mass is 16.5. The molecule has 0 amide bonds. The van der Waals surface area contributed by atoms with Crippen LogP contribution in [0.2, 0.25) is 0 Å². The molecule has 1 atom stereocenters. The van der Waals surface area contributed by atoms with Gasteiger partial charge in [-0.1, -0.05) is 18.2 Å². The van der Waals surface area contributed by atoms with Gasteiger partial charge in [0.15, 0.2) is 0 Å². The van der Waals surface area contributed by atoms with Crippen molar-refractivity contribution in [3.05, 3.63) is 60.2 Å². The predicted octanol–water partition coefficient (Wildman–Crippen LogP) is 3.26. The van der Waals surface area contributed by atoms with E-state index in [1.165, 1.54) is 0 Å². The molecule has 0 fully saturated rings. The average Bonchev–Trinajstić information content (AvgIpc) is 2.46. The molecule has 104 valence electrons. The summed E-state index contributed by atoms with van der Waals surface area (Å²) in [6.07, 6.45) is 0.0107. The van der Waals surface area contributed by atoms with Crippen LogP contribution in [0.4, 0.5) is 5.69 Å². The first-order valence-electron chi connectivity index (χ1n) is 6.44. The molecule has 0 saturated carbocycles. The number of aromatic carboxylic acids is 1. The zero-order valence-electron chi connectivity index (χ0n) is 11.2. The quantitative estimate of drug-likeness (QED) is 0.846. The lowest BCUT2D eigenvalue weighted by Crippen LogP contribution is -2.22. The molecule has 0 heterocycles. The van der Waals surface area contributed by atoms with Crippen LogP contribution in [0.15, 0.2) is 54.6 Å². The fourth-order valence-electron chi connectivity index (χ4n) is 1.77. The van der Waals surface area contributed by atoms with Gasteiger partial charge in [-0.15, -0.1) is 0 Å². The van der Waals surface area contributed by atoms with Gasteiger partial charge in [-0.25, -0.2) is 4.79 Å². The van der Waals surface area contributed by atoms with Gasteiger partial charge in [0, 0.05) is 5.69 Å². The predicted molar refractivity (Wildman–Crippen MR) is 78.4 cm³/mol. The number of anilines is 1. The van der Waals surface area contributed by atoms with E-state index in [0.717, 1.165) is 11.4 Å². The molecule has 2 N–H and O–H groups in total. The van der Waals surface area contributed by atoms with Crippen LogP contribution in [0.5, 0.6) is 5.75 Å². The molecule has 2 aromatic carbocycles. The lowest BCUT2D eigenvalue weighted by atomic mass is 10.2. The molecule has 2 aromatic rings. The number of para-hydroxylation sites is 1. The number of hydrogen-bond acceptors (Lipinski definition) is 3. The summed E-state index contributed by atoms with van der Waals surface area (Å²) in [6.45, 7) is 2.62. The van der Waals surface area contributed by atoms with Crippen molar-refractivity contribution in [2.45, 2.75) is 13.0 Å². The number of carbonyl (C=O) groups is 1. The summed E-state index contributed by atoms with van der Waals surface area (Å²) < 4.78 is 5.74. The first kappa shape index (κ1) is 13.9. The van der Waals surface area contributed by atoms with Crippen molar-refractivity contribution in [2.75, 3.05) is 11.9 Å². The standard InChI is InChI=1S/C16H17NO3/c1-12(20-15-5-3-2-4-6-15)11-17-14-9-7-13(8-10-14)16(18)19/h2-10,12,17H,11H2,1H3,(H,18,19). The topological polar surface area (TPSA) is 58.6 Å². The van der Waals surface area contributed by atoms with Crippen molar-refractivity contribution in [1.82, 2.24) is 0 Å². The Morgan fingerprint density at radius 1 is 1.15 bits per heavy atom. The van der Waals surface area contributed by atoms with E-state index in [-0.39, 0.29) is 11.7 Å². The average molecular weight is 271 g/mol. The highest BCUT2D eigenvalue weighted by molar-refractivity contribution is 5.87. The summed E-state index contributed by atoms with van der Waals surface area (Å²) in [6, 6.07) is 16.3. The molecule has 0 bridgehead atoms. The molecule has 0 aromatic heterocycles. The number of benzene rings is 2. The lowest BCUT2D eigenvalue weighted by molar-refractivity contribution is 0.0697. The summed E-state index contributed by atoms with van der Waals surface area (Å²) >= 11 is 0. The molecule has 0 spiro atoms. The van der Waals surface area contributed by atoms with Crippen molar-refractivity contribution < 1.29 is 14.6 Å². The van der Waals surface area contributed by atoms with Crippen LogP contribution in [-0.2, 0) is 0 Å². The number of hydrogen-bond donors (Lipinski definition) is 2. The van der Waals surface area contributed by atoms with Gasteiger partial charge in [0.1, 0.15) is 11.9 Å². The van der Waals surface area contributed by atoms with Crippen molar-refractivity contribution >= 4 is 11.7 Å². The molecule has 0 radical (unpaired) electrons. The van der Waals surface area contributed by atoms with E-state index in [1.54, 1.807) is 24.3 Å². The monoisotopic (exact) mass is 271 g/mol. The number of carboxylic acids is 1. The maximum atomic E-state index is 10.7. The second kappa shape index (κ2) is 6.61. The summed E-state index contributed by atoms with van der Waals surface area (Å²) in [4.78, 5) is 10.7. The van der Waals surface area contributed by atoms with E-state index < -0.39 is 5.97 Å². The minimum Gasteiger partial charge on any atom is -0.489 e. The SMILES string of the molecule is CC(CNc1ccc(C(=O)O)cc1)Oc1ccccc1. The van der Waals surface area contributed by atoms with E-state index in [1.807, 2.05) is 37.3 Å². The summed E-state index contributed by atoms with van der Waals surface area (Å²) in [5.41, 5.74) is 1.16. The van der Waals surface area contributed by atoms with Crippen LogP contribution < -0.4 is 10.1 Å². The molecular weight excluding hydrogens is 254 g/mol. The maximum absolute atomic E-state index is 10.7. The molecule has 0 aliphatic rings. The van der Waals surface area contributed by atoms with Gasteiger partial charge in [-0.05, 0) is 43.3 Å². The van der Waals surface area contributed by atoms with Crippen LogP contribution >= 0.6 is 0 Å². The molecule has 4 heteroatoms.